The van der Waals surface area contributed by atoms with Gasteiger partial charge >= 0.3 is 0 Å². The zero-order valence-electron chi connectivity index (χ0n) is 55.2. The van der Waals surface area contributed by atoms with Crippen molar-refractivity contribution in [2.45, 2.75) is 210 Å². The first-order valence-corrected chi connectivity index (χ1v) is 30.1. The molecule has 0 unspecified atom stereocenters. The molecule has 1 fully saturated rings. The molecular formula is C61H109N11O12. The molecule has 1 saturated heterocycles. The number of hydrogen-bond donors (Lipinski definition) is 5. The molecule has 1 aliphatic rings. The minimum absolute atomic E-state index is 0.0264. The van der Waals surface area contributed by atoms with Gasteiger partial charge in [-0.2, -0.15) is 0 Å². The number of amides is 11. The molecule has 0 spiro atoms. The minimum atomic E-state index is -1.60. The molecule has 480 valence electrons. The van der Waals surface area contributed by atoms with Crippen LogP contribution in [0.25, 0.3) is 0 Å². The van der Waals surface area contributed by atoms with Crippen molar-refractivity contribution in [3.8, 4) is 0 Å². The lowest BCUT2D eigenvalue weighted by Gasteiger charge is -2.41. The van der Waals surface area contributed by atoms with Crippen molar-refractivity contribution in [2.24, 2.45) is 41.4 Å². The van der Waals surface area contributed by atoms with Gasteiger partial charge in [-0.15, -0.1) is 0 Å². The van der Waals surface area contributed by atoms with Crippen LogP contribution in [-0.2, 0) is 52.7 Å². The molecule has 0 saturated carbocycles. The molecule has 23 nitrogen and oxygen atoms in total. The Morgan fingerprint density at radius 3 is 1.39 bits per heavy atom. The maximum Gasteiger partial charge on any atom is 0.246 e. The Hall–Kier alpha value is -6.13. The predicted octanol–water partition coefficient (Wildman–Crippen LogP) is 2.88. The number of rotatable bonds is 15. The summed E-state index contributed by atoms with van der Waals surface area (Å²) in [6, 6.07) is -11.1. The fourth-order valence-corrected chi connectivity index (χ4v) is 10.5. The summed E-state index contributed by atoms with van der Waals surface area (Å²) < 4.78 is 0. The third-order valence-corrected chi connectivity index (χ3v) is 15.6. The second-order valence-electron chi connectivity index (χ2n) is 25.7. The van der Waals surface area contributed by atoms with Crippen LogP contribution in [0.5, 0.6) is 0 Å². The first kappa shape index (κ1) is 75.9. The highest BCUT2D eigenvalue weighted by Crippen LogP contribution is 2.25. The average Bonchev–Trinajstić information content (AvgIpc) is 3.38. The number of carbonyl (C=O) groups excluding carboxylic acids is 11. The van der Waals surface area contributed by atoms with E-state index >= 15 is 14.4 Å². The number of nitrogens with zero attached hydrogens (tertiary/aromatic N) is 7. The Kier molecular flexibility index (Phi) is 31.4. The third-order valence-electron chi connectivity index (χ3n) is 15.6. The van der Waals surface area contributed by atoms with Gasteiger partial charge in [-0.05, 0) is 93.8 Å². The van der Waals surface area contributed by atoms with Gasteiger partial charge in [0.2, 0.25) is 65.0 Å². The lowest BCUT2D eigenvalue weighted by molar-refractivity contribution is -0.157. The van der Waals surface area contributed by atoms with Crippen molar-refractivity contribution in [1.82, 2.24) is 55.6 Å². The van der Waals surface area contributed by atoms with E-state index in [1.807, 2.05) is 55.4 Å². The topological polar surface area (TPSA) is 279 Å². The maximum absolute atomic E-state index is 15.1. The van der Waals surface area contributed by atoms with E-state index in [4.69, 9.17) is 0 Å². The lowest BCUT2D eigenvalue weighted by Crippen LogP contribution is -2.63. The molecule has 1 rings (SSSR count). The summed E-state index contributed by atoms with van der Waals surface area (Å²) in [6.07, 6.45) is 3.04. The molecule has 0 aromatic carbocycles. The summed E-state index contributed by atoms with van der Waals surface area (Å²) in [4.78, 5) is 167. The second-order valence-corrected chi connectivity index (χ2v) is 25.7. The van der Waals surface area contributed by atoms with E-state index in [9.17, 15) is 43.5 Å². The van der Waals surface area contributed by atoms with Crippen LogP contribution < -0.4 is 21.3 Å². The summed E-state index contributed by atoms with van der Waals surface area (Å²) in [5.74, 6) is -9.68. The normalized spacial score (nSPS) is 26.2. The van der Waals surface area contributed by atoms with Crippen LogP contribution in [-0.4, -0.2) is 227 Å². The van der Waals surface area contributed by atoms with Gasteiger partial charge in [0.1, 0.15) is 54.4 Å². The van der Waals surface area contributed by atoms with E-state index < -0.39 is 156 Å². The van der Waals surface area contributed by atoms with Crippen molar-refractivity contribution in [2.75, 3.05) is 62.4 Å². The molecule has 1 aliphatic heterocycles. The SMILES string of the molecule is C/C=C/C[C@@H](C)[C@@H](O)[C@H]1C(=O)N[C@@H](CC)C(=O)N(C)CC(=O)N(C)CC(=O)N[C@@H](C(C)C)C(=O)N(C)[C@@H](CC(C)C)C(=O)N[C@@H](CC(C)C)C(=O)N[C@H](C)C(=O)N(C)[C@@H](CC(C)C)C(=O)N(C)[C@@H](CC(C)C)C(=O)N(C)[C@@H](C(C)C)C(=O)N1C. The number of aliphatic hydroxyl groups excluding tert-OH is 1. The first-order valence-electron chi connectivity index (χ1n) is 30.1. The molecule has 0 bridgehead atoms. The van der Waals surface area contributed by atoms with Gasteiger partial charge in [0, 0.05) is 49.3 Å². The van der Waals surface area contributed by atoms with Crippen LogP contribution >= 0.6 is 0 Å². The van der Waals surface area contributed by atoms with Crippen LogP contribution in [0.3, 0.4) is 0 Å². The molecule has 5 N–H and O–H groups in total. The predicted molar refractivity (Wildman–Crippen MR) is 324 cm³/mol. The van der Waals surface area contributed by atoms with E-state index in [-0.39, 0.29) is 55.8 Å². The van der Waals surface area contributed by atoms with Gasteiger partial charge in [0.05, 0.1) is 19.2 Å². The zero-order valence-corrected chi connectivity index (χ0v) is 55.2. The lowest BCUT2D eigenvalue weighted by atomic mass is 9.91. The monoisotopic (exact) mass is 1190 g/mol. The Balaban J connectivity index is 4.28. The summed E-state index contributed by atoms with van der Waals surface area (Å²) in [6.45, 7) is 27.4. The Labute approximate surface area is 502 Å². The van der Waals surface area contributed by atoms with Gasteiger partial charge in [-0.3, -0.25) is 52.7 Å². The number of nitrogens with one attached hydrogen (secondary N) is 4. The molecule has 11 amide bonds. The van der Waals surface area contributed by atoms with Crippen LogP contribution in [0.4, 0.5) is 0 Å². The standard InChI is InChI=1S/C61H109N11O12/c1-24-26-27-40(15)52(75)51-55(78)63-42(25-2)57(80)67(18)33-48(74)66(17)32-47(73)65-49(38(11)12)60(83)68(19)44(29-35(5)6)54(77)64-43(28-34(3)4)53(76)62-41(16)56(79)69(20)45(30-36(7)8)58(81)70(21)46(31-37(9)10)59(82)71(22)50(39(13)14)61(84)72(51)23/h24,26,34-46,49-52,75H,25,27-33H2,1-23H3,(H,62,76)(H,63,78)(H,64,77)(H,65,73)/b26-24+/t40-,41-,42+,43+,44+,45+,46+,49+,50+,51+,52-/m1/s1. The number of likely N-dealkylation sites (N-methyl/N-ethyl adjacent to an activating group) is 7. The Morgan fingerprint density at radius 2 is 0.929 bits per heavy atom. The molecule has 0 aliphatic carbocycles. The highest BCUT2D eigenvalue weighted by molar-refractivity contribution is 5.99. The fourth-order valence-electron chi connectivity index (χ4n) is 10.5. The summed E-state index contributed by atoms with van der Waals surface area (Å²) >= 11 is 0. The number of aliphatic hydroxyl groups is 1. The summed E-state index contributed by atoms with van der Waals surface area (Å²) in [5.41, 5.74) is 0. The third kappa shape index (κ3) is 21.7. The highest BCUT2D eigenvalue weighted by atomic mass is 16.3. The van der Waals surface area contributed by atoms with E-state index in [0.717, 1.165) is 14.7 Å². The van der Waals surface area contributed by atoms with Gasteiger partial charge < -0.3 is 60.7 Å². The van der Waals surface area contributed by atoms with Crippen molar-refractivity contribution in [1.29, 1.82) is 0 Å². The highest BCUT2D eigenvalue weighted by Gasteiger charge is 2.45. The average molecular weight is 1190 g/mol. The minimum Gasteiger partial charge on any atom is -0.390 e. The van der Waals surface area contributed by atoms with E-state index in [1.165, 1.54) is 75.9 Å². The molecule has 84 heavy (non-hydrogen) atoms. The van der Waals surface area contributed by atoms with Gasteiger partial charge in [-0.25, -0.2) is 0 Å². The van der Waals surface area contributed by atoms with Crippen molar-refractivity contribution < 1.29 is 57.8 Å². The molecule has 0 aromatic rings. The van der Waals surface area contributed by atoms with Gasteiger partial charge in [0.25, 0.3) is 0 Å². The van der Waals surface area contributed by atoms with E-state index in [0.29, 0.717) is 6.42 Å². The Bertz CT molecular complexity index is 2290. The van der Waals surface area contributed by atoms with Crippen LogP contribution in [0, 0.1) is 41.4 Å². The first-order chi connectivity index (χ1) is 38.8. The summed E-state index contributed by atoms with van der Waals surface area (Å²) in [7, 11) is 9.84. The number of hydrogen-bond acceptors (Lipinski definition) is 12. The largest absolute Gasteiger partial charge is 0.390 e. The second kappa shape index (κ2) is 34.7. The van der Waals surface area contributed by atoms with Crippen molar-refractivity contribution in [3.05, 3.63) is 12.2 Å². The zero-order chi connectivity index (χ0) is 65.1. The quantitative estimate of drug-likeness (QED) is 0.148. The smallest absolute Gasteiger partial charge is 0.246 e. The van der Waals surface area contributed by atoms with Gasteiger partial charge in [0.15, 0.2) is 0 Å². The van der Waals surface area contributed by atoms with Crippen molar-refractivity contribution in [3.63, 3.8) is 0 Å². The number of allylic oxidation sites excluding steroid dienone is 2. The maximum atomic E-state index is 15.1. The van der Waals surface area contributed by atoms with Crippen LogP contribution in [0.1, 0.15) is 149 Å². The molecule has 0 aromatic heterocycles. The Morgan fingerprint density at radius 1 is 0.476 bits per heavy atom. The molecule has 23 heteroatoms. The fraction of sp³-hybridized carbons (Fsp3) is 0.787. The molecular weight excluding hydrogens is 1080 g/mol. The van der Waals surface area contributed by atoms with E-state index in [1.54, 1.807) is 60.6 Å². The molecule has 0 radical (unpaired) electrons. The van der Waals surface area contributed by atoms with Crippen molar-refractivity contribution >= 4 is 65.0 Å². The van der Waals surface area contributed by atoms with Gasteiger partial charge in [-0.1, -0.05) is 109 Å². The number of carbonyl (C=O) groups is 11. The van der Waals surface area contributed by atoms with Crippen LogP contribution in [0.2, 0.25) is 0 Å². The molecule has 11 atom stereocenters. The van der Waals surface area contributed by atoms with Crippen LogP contribution in [0.15, 0.2) is 12.2 Å². The summed E-state index contributed by atoms with van der Waals surface area (Å²) in [5, 5.41) is 23.1. The van der Waals surface area contributed by atoms with E-state index in [2.05, 4.69) is 21.3 Å². The molecule has 1 heterocycles.